The third kappa shape index (κ3) is 4.42. The molecule has 1 aromatic heterocycles. The van der Waals surface area contributed by atoms with E-state index in [0.717, 1.165) is 0 Å². The van der Waals surface area contributed by atoms with Crippen molar-refractivity contribution in [3.63, 3.8) is 0 Å². The van der Waals surface area contributed by atoms with Crippen LogP contribution in [0.4, 0.5) is 0 Å². The molecule has 1 heterocycles. The summed E-state index contributed by atoms with van der Waals surface area (Å²) in [7, 11) is 0. The van der Waals surface area contributed by atoms with Crippen LogP contribution in [-0.2, 0) is 16.9 Å². The Labute approximate surface area is 142 Å². The number of benzene rings is 1. The molecule has 0 radical (unpaired) electrons. The molecule has 0 bridgehead atoms. The van der Waals surface area contributed by atoms with Crippen molar-refractivity contribution in [3.05, 3.63) is 46.5 Å². The number of aromatic nitrogens is 3. The molecule has 9 heteroatoms. The molecule has 0 aliphatic carbocycles. The summed E-state index contributed by atoms with van der Waals surface area (Å²) in [4.78, 5) is 14.7. The number of nitrogens with two attached hydrogens (primary N) is 1. The van der Waals surface area contributed by atoms with E-state index in [-0.39, 0.29) is 24.4 Å². The molecule has 0 unspecified atom stereocenters. The summed E-state index contributed by atoms with van der Waals surface area (Å²) >= 11 is 12.1. The second kappa shape index (κ2) is 7.27. The van der Waals surface area contributed by atoms with Crippen LogP contribution in [-0.4, -0.2) is 37.0 Å². The molecule has 7 nitrogen and oxygen atoms in total. The van der Waals surface area contributed by atoms with E-state index in [1.165, 1.54) is 23.4 Å². The topological polar surface area (TPSA) is 114 Å². The molecule has 2 aromatic rings. The predicted octanol–water partition coefficient (Wildman–Crippen LogP) is 1.66. The molecular weight excluding hydrogens is 343 g/mol. The van der Waals surface area contributed by atoms with Crippen LogP contribution in [0.5, 0.6) is 0 Å². The number of rotatable bonds is 7. The highest BCUT2D eigenvalue weighted by molar-refractivity contribution is 6.35. The number of aliphatic carboxylic acids is 1. The van der Waals surface area contributed by atoms with Gasteiger partial charge in [0.25, 0.3) is 0 Å². The summed E-state index contributed by atoms with van der Waals surface area (Å²) in [6.07, 6.45) is 2.94. The van der Waals surface area contributed by atoms with Crippen molar-refractivity contribution in [1.29, 1.82) is 0 Å². The Morgan fingerprint density at radius 1 is 1.43 bits per heavy atom. The maximum atomic E-state index is 11.1. The fourth-order valence-electron chi connectivity index (χ4n) is 2.27. The maximum absolute atomic E-state index is 11.1. The Bertz CT molecular complexity index is 681. The minimum atomic E-state index is -1.46. The summed E-state index contributed by atoms with van der Waals surface area (Å²) in [5.41, 5.74) is 4.51. The number of carbonyl (C=O) groups is 1. The molecule has 124 valence electrons. The van der Waals surface area contributed by atoms with E-state index in [9.17, 15) is 9.90 Å². The van der Waals surface area contributed by atoms with Gasteiger partial charge in [0.05, 0.1) is 6.54 Å². The first kappa shape index (κ1) is 17.7. The summed E-state index contributed by atoms with van der Waals surface area (Å²) in [6, 6.07) is 3.64. The number of halogens is 2. The molecule has 0 aliphatic rings. The van der Waals surface area contributed by atoms with Crippen LogP contribution in [0, 0.1) is 0 Å². The first-order valence-electron chi connectivity index (χ1n) is 6.80. The summed E-state index contributed by atoms with van der Waals surface area (Å²) in [6.45, 7) is 0.0562. The lowest BCUT2D eigenvalue weighted by Crippen LogP contribution is -2.37. The Morgan fingerprint density at radius 2 is 2.17 bits per heavy atom. The maximum Gasteiger partial charge on any atom is 0.320 e. The molecule has 2 rings (SSSR count). The Kier molecular flexibility index (Phi) is 5.59. The molecule has 0 fully saturated rings. The number of aliphatic hydroxyl groups is 1. The van der Waals surface area contributed by atoms with E-state index < -0.39 is 17.6 Å². The van der Waals surface area contributed by atoms with Crippen molar-refractivity contribution in [3.8, 4) is 0 Å². The summed E-state index contributed by atoms with van der Waals surface area (Å²) in [5, 5.41) is 24.7. The van der Waals surface area contributed by atoms with Gasteiger partial charge < -0.3 is 15.9 Å². The van der Waals surface area contributed by atoms with Crippen LogP contribution in [0.25, 0.3) is 0 Å². The summed E-state index contributed by atoms with van der Waals surface area (Å²) in [5.74, 6) is -1.13. The van der Waals surface area contributed by atoms with Gasteiger partial charge in [0.1, 0.15) is 24.3 Å². The van der Waals surface area contributed by atoms with Gasteiger partial charge in [-0.15, -0.1) is 0 Å². The van der Waals surface area contributed by atoms with E-state index in [1.807, 2.05) is 0 Å². The first-order chi connectivity index (χ1) is 10.8. The normalized spacial score (nSPS) is 15.1. The average Bonchev–Trinajstić information content (AvgIpc) is 2.97. The van der Waals surface area contributed by atoms with Gasteiger partial charge >= 0.3 is 5.97 Å². The Hall–Kier alpha value is -1.67. The number of nitrogens with zero attached hydrogens (tertiary/aromatic N) is 3. The van der Waals surface area contributed by atoms with Gasteiger partial charge in [-0.3, -0.25) is 4.79 Å². The van der Waals surface area contributed by atoms with E-state index >= 15 is 0 Å². The van der Waals surface area contributed by atoms with Gasteiger partial charge in [0.2, 0.25) is 0 Å². The monoisotopic (exact) mass is 358 g/mol. The highest BCUT2D eigenvalue weighted by Crippen LogP contribution is 2.35. The lowest BCUT2D eigenvalue weighted by atomic mass is 9.87. The SMILES string of the molecule is N[C@H](CC[C@](O)(Cn1cncn1)c1ccc(Cl)cc1Cl)C(=O)O. The smallest absolute Gasteiger partial charge is 0.320 e. The Balaban J connectivity index is 2.31. The van der Waals surface area contributed by atoms with Crippen molar-refractivity contribution in [1.82, 2.24) is 14.8 Å². The molecule has 1 aromatic carbocycles. The molecule has 0 spiro atoms. The lowest BCUT2D eigenvalue weighted by molar-refractivity contribution is -0.139. The molecule has 0 saturated carbocycles. The Morgan fingerprint density at radius 3 is 2.74 bits per heavy atom. The largest absolute Gasteiger partial charge is 0.480 e. The molecular formula is C14H16Cl2N4O3. The predicted molar refractivity (Wildman–Crippen MR) is 85.2 cm³/mol. The molecule has 23 heavy (non-hydrogen) atoms. The summed E-state index contributed by atoms with van der Waals surface area (Å²) < 4.78 is 1.44. The zero-order chi connectivity index (χ0) is 17.0. The van der Waals surface area contributed by atoms with Gasteiger partial charge in [-0.05, 0) is 25.0 Å². The number of carboxylic acid groups (broad SMARTS) is 1. The second-order valence-corrected chi connectivity index (χ2v) is 6.08. The average molecular weight is 359 g/mol. The van der Waals surface area contributed by atoms with Crippen LogP contribution >= 0.6 is 23.2 Å². The first-order valence-corrected chi connectivity index (χ1v) is 7.56. The molecule has 4 N–H and O–H groups in total. The standard InChI is InChI=1S/C14H16Cl2N4O3/c15-9-1-2-10(11(16)5-9)14(23,4-3-12(17)13(21)22)6-20-8-18-7-19-20/h1-2,5,7-8,12,23H,3-4,6,17H2,(H,21,22)/t12-,14+/m1/s1. The van der Waals surface area contributed by atoms with Crippen molar-refractivity contribution in [2.75, 3.05) is 0 Å². The van der Waals surface area contributed by atoms with Crippen molar-refractivity contribution in [2.24, 2.45) is 5.73 Å². The third-order valence-electron chi connectivity index (χ3n) is 3.51. The fourth-order valence-corrected chi connectivity index (χ4v) is 2.85. The molecule has 2 atom stereocenters. The van der Waals surface area contributed by atoms with Gasteiger partial charge in [-0.2, -0.15) is 5.10 Å². The minimum Gasteiger partial charge on any atom is -0.480 e. The van der Waals surface area contributed by atoms with Crippen molar-refractivity contribution < 1.29 is 15.0 Å². The van der Waals surface area contributed by atoms with Crippen LogP contribution in [0.15, 0.2) is 30.9 Å². The van der Waals surface area contributed by atoms with E-state index in [0.29, 0.717) is 10.6 Å². The molecule has 0 amide bonds. The van der Waals surface area contributed by atoms with E-state index in [4.69, 9.17) is 34.0 Å². The van der Waals surface area contributed by atoms with Crippen molar-refractivity contribution in [2.45, 2.75) is 31.0 Å². The number of hydrogen-bond acceptors (Lipinski definition) is 5. The zero-order valence-electron chi connectivity index (χ0n) is 12.1. The molecule has 0 aliphatic heterocycles. The van der Waals surface area contributed by atoms with Gasteiger partial charge in [-0.25, -0.2) is 9.67 Å². The number of carboxylic acids is 1. The van der Waals surface area contributed by atoms with Gasteiger partial charge in [-0.1, -0.05) is 29.3 Å². The second-order valence-electron chi connectivity index (χ2n) is 5.23. The van der Waals surface area contributed by atoms with Crippen LogP contribution in [0.2, 0.25) is 10.0 Å². The number of hydrogen-bond donors (Lipinski definition) is 3. The highest BCUT2D eigenvalue weighted by Gasteiger charge is 2.33. The third-order valence-corrected chi connectivity index (χ3v) is 4.06. The van der Waals surface area contributed by atoms with Gasteiger partial charge in [0, 0.05) is 15.6 Å². The van der Waals surface area contributed by atoms with Crippen LogP contribution < -0.4 is 5.73 Å². The zero-order valence-corrected chi connectivity index (χ0v) is 13.6. The molecule has 0 saturated heterocycles. The van der Waals surface area contributed by atoms with Gasteiger partial charge in [0.15, 0.2) is 0 Å². The van der Waals surface area contributed by atoms with Crippen LogP contribution in [0.3, 0.4) is 0 Å². The van der Waals surface area contributed by atoms with E-state index in [1.54, 1.807) is 12.1 Å². The minimum absolute atomic E-state index is 0.0562. The van der Waals surface area contributed by atoms with Crippen molar-refractivity contribution >= 4 is 29.2 Å². The van der Waals surface area contributed by atoms with Crippen LogP contribution in [0.1, 0.15) is 18.4 Å². The quantitative estimate of drug-likeness (QED) is 0.693. The fraction of sp³-hybridized carbons (Fsp3) is 0.357. The highest BCUT2D eigenvalue weighted by atomic mass is 35.5. The van der Waals surface area contributed by atoms with E-state index in [2.05, 4.69) is 10.1 Å². The lowest BCUT2D eigenvalue weighted by Gasteiger charge is -2.30.